The van der Waals surface area contributed by atoms with Gasteiger partial charge in [-0.15, -0.1) is 0 Å². The van der Waals surface area contributed by atoms with E-state index in [1.807, 2.05) is 0 Å². The molecule has 0 amide bonds. The topological polar surface area (TPSA) is 21.3 Å². The molecule has 0 aliphatic carbocycles. The largest absolute Gasteiger partial charge is 0.488 e. The summed E-state index contributed by atoms with van der Waals surface area (Å²) in [6.45, 7) is 1.15. The Balaban J connectivity index is 1.72. The maximum Gasteiger partial charge on any atom is 0.123 e. The molecule has 0 radical (unpaired) electrons. The number of hydrogen-bond donors (Lipinski definition) is 1. The molecule has 2 heterocycles. The van der Waals surface area contributed by atoms with Gasteiger partial charge in [0.1, 0.15) is 11.9 Å². The number of benzene rings is 1. The van der Waals surface area contributed by atoms with E-state index in [1.165, 1.54) is 24.8 Å². The Bertz CT molecular complexity index is 319. The molecule has 3 rings (SSSR count). The van der Waals surface area contributed by atoms with Gasteiger partial charge in [-0.2, -0.15) is 0 Å². The maximum atomic E-state index is 5.98. The molecule has 1 aromatic rings. The Morgan fingerprint density at radius 1 is 1.20 bits per heavy atom. The highest BCUT2D eigenvalue weighted by Gasteiger charge is 2.30. The van der Waals surface area contributed by atoms with E-state index in [1.54, 1.807) is 0 Å². The van der Waals surface area contributed by atoms with Crippen LogP contribution in [0, 0.1) is 0 Å². The van der Waals surface area contributed by atoms with Gasteiger partial charge in [-0.1, -0.05) is 24.6 Å². The molecule has 2 heteroatoms. The third-order valence-corrected chi connectivity index (χ3v) is 3.47. The summed E-state index contributed by atoms with van der Waals surface area (Å²) in [5.41, 5.74) is 1.37. The molecule has 0 spiro atoms. The highest BCUT2D eigenvalue weighted by Crippen LogP contribution is 2.31. The fourth-order valence-corrected chi connectivity index (χ4v) is 2.63. The number of fused-ring (bicyclic) bond motifs is 1. The van der Waals surface area contributed by atoms with Crippen molar-refractivity contribution in [1.29, 1.82) is 0 Å². The van der Waals surface area contributed by atoms with E-state index < -0.39 is 0 Å². The van der Waals surface area contributed by atoms with Crippen LogP contribution in [-0.2, 0) is 6.42 Å². The van der Waals surface area contributed by atoms with Gasteiger partial charge in [0, 0.05) is 12.5 Å². The van der Waals surface area contributed by atoms with Crippen molar-refractivity contribution in [2.24, 2.45) is 0 Å². The second-order valence-corrected chi connectivity index (χ2v) is 4.52. The summed E-state index contributed by atoms with van der Waals surface area (Å²) >= 11 is 0. The monoisotopic (exact) mass is 203 g/mol. The molecular weight excluding hydrogens is 186 g/mol. The van der Waals surface area contributed by atoms with Gasteiger partial charge in [0.25, 0.3) is 0 Å². The summed E-state index contributed by atoms with van der Waals surface area (Å²) in [7, 11) is 0. The molecule has 0 saturated carbocycles. The lowest BCUT2D eigenvalue weighted by Gasteiger charge is -2.28. The lowest BCUT2D eigenvalue weighted by Crippen LogP contribution is -2.45. The number of hydrogen-bond acceptors (Lipinski definition) is 2. The van der Waals surface area contributed by atoms with Gasteiger partial charge < -0.3 is 10.1 Å². The van der Waals surface area contributed by atoms with Gasteiger partial charge in [0.15, 0.2) is 0 Å². The minimum absolute atomic E-state index is 0.364. The zero-order valence-electron chi connectivity index (χ0n) is 8.91. The molecule has 2 aliphatic heterocycles. The van der Waals surface area contributed by atoms with Gasteiger partial charge >= 0.3 is 0 Å². The number of rotatable bonds is 1. The summed E-state index contributed by atoms with van der Waals surface area (Å²) in [5, 5.41) is 3.57. The normalized spacial score (nSPS) is 29.6. The van der Waals surface area contributed by atoms with Crippen LogP contribution in [-0.4, -0.2) is 18.7 Å². The molecule has 2 unspecified atom stereocenters. The SMILES string of the molecule is c1ccc2c(c1)CC(C1CCCCN1)O2. The first-order chi connectivity index (χ1) is 7.43. The van der Waals surface area contributed by atoms with Crippen molar-refractivity contribution < 1.29 is 4.74 Å². The lowest BCUT2D eigenvalue weighted by atomic mass is 9.97. The second kappa shape index (κ2) is 3.86. The van der Waals surface area contributed by atoms with Crippen molar-refractivity contribution in [2.75, 3.05) is 6.54 Å². The molecule has 15 heavy (non-hydrogen) atoms. The van der Waals surface area contributed by atoms with Crippen LogP contribution < -0.4 is 10.1 Å². The molecule has 1 aromatic carbocycles. The van der Waals surface area contributed by atoms with E-state index in [0.717, 1.165) is 18.7 Å². The molecular formula is C13H17NO. The maximum absolute atomic E-state index is 5.98. The minimum Gasteiger partial charge on any atom is -0.488 e. The van der Waals surface area contributed by atoms with E-state index in [2.05, 4.69) is 29.6 Å². The van der Waals surface area contributed by atoms with Crippen molar-refractivity contribution in [3.63, 3.8) is 0 Å². The van der Waals surface area contributed by atoms with Crippen LogP contribution in [0.25, 0.3) is 0 Å². The summed E-state index contributed by atoms with van der Waals surface area (Å²) in [6.07, 6.45) is 5.36. The molecule has 1 fully saturated rings. The smallest absolute Gasteiger partial charge is 0.123 e. The van der Waals surface area contributed by atoms with Crippen LogP contribution in [0.4, 0.5) is 0 Å². The van der Waals surface area contributed by atoms with Crippen LogP contribution >= 0.6 is 0 Å². The van der Waals surface area contributed by atoms with Crippen LogP contribution in [0.5, 0.6) is 5.75 Å². The number of para-hydroxylation sites is 1. The number of piperidine rings is 1. The first-order valence-corrected chi connectivity index (χ1v) is 5.91. The van der Waals surface area contributed by atoms with Crippen molar-refractivity contribution in [3.8, 4) is 5.75 Å². The lowest BCUT2D eigenvalue weighted by molar-refractivity contribution is 0.159. The van der Waals surface area contributed by atoms with E-state index >= 15 is 0 Å². The van der Waals surface area contributed by atoms with Crippen LogP contribution in [0.1, 0.15) is 24.8 Å². The Morgan fingerprint density at radius 3 is 2.93 bits per heavy atom. The quantitative estimate of drug-likeness (QED) is 0.755. The first kappa shape index (κ1) is 9.22. The van der Waals surface area contributed by atoms with Gasteiger partial charge in [0.05, 0.1) is 0 Å². The van der Waals surface area contributed by atoms with E-state index in [-0.39, 0.29) is 0 Å². The van der Waals surface area contributed by atoms with Gasteiger partial charge in [-0.3, -0.25) is 0 Å². The standard InChI is InChI=1S/C13H17NO/c1-2-7-12-10(5-1)9-13(15-12)11-6-3-4-8-14-11/h1-2,5,7,11,13-14H,3-4,6,8-9H2. The average Bonchev–Trinajstić information content (AvgIpc) is 2.74. The first-order valence-electron chi connectivity index (χ1n) is 5.91. The molecule has 1 saturated heterocycles. The van der Waals surface area contributed by atoms with Crippen LogP contribution in [0.15, 0.2) is 24.3 Å². The number of nitrogens with one attached hydrogen (secondary N) is 1. The third-order valence-electron chi connectivity index (χ3n) is 3.47. The van der Waals surface area contributed by atoms with E-state index in [9.17, 15) is 0 Å². The van der Waals surface area contributed by atoms with E-state index in [0.29, 0.717) is 12.1 Å². The van der Waals surface area contributed by atoms with Gasteiger partial charge in [-0.05, 0) is 31.0 Å². The van der Waals surface area contributed by atoms with Gasteiger partial charge in [0.2, 0.25) is 0 Å². The van der Waals surface area contributed by atoms with Crippen molar-refractivity contribution in [3.05, 3.63) is 29.8 Å². The van der Waals surface area contributed by atoms with Crippen molar-refractivity contribution >= 4 is 0 Å². The van der Waals surface area contributed by atoms with Crippen molar-refractivity contribution in [2.45, 2.75) is 37.8 Å². The second-order valence-electron chi connectivity index (χ2n) is 4.52. The van der Waals surface area contributed by atoms with E-state index in [4.69, 9.17) is 4.74 Å². The summed E-state index contributed by atoms with van der Waals surface area (Å²) in [6, 6.07) is 8.97. The summed E-state index contributed by atoms with van der Waals surface area (Å²) < 4.78 is 5.98. The molecule has 1 N–H and O–H groups in total. The van der Waals surface area contributed by atoms with Crippen molar-refractivity contribution in [1.82, 2.24) is 5.32 Å². The zero-order chi connectivity index (χ0) is 10.1. The average molecular weight is 203 g/mol. The molecule has 80 valence electrons. The fourth-order valence-electron chi connectivity index (χ4n) is 2.63. The fraction of sp³-hybridized carbons (Fsp3) is 0.538. The highest BCUT2D eigenvalue weighted by molar-refractivity contribution is 5.37. The molecule has 2 atom stereocenters. The third kappa shape index (κ3) is 1.74. The predicted molar refractivity (Wildman–Crippen MR) is 60.2 cm³/mol. The Labute approximate surface area is 90.6 Å². The Morgan fingerprint density at radius 2 is 2.13 bits per heavy atom. The highest BCUT2D eigenvalue weighted by atomic mass is 16.5. The van der Waals surface area contributed by atoms with Crippen LogP contribution in [0.2, 0.25) is 0 Å². The molecule has 0 bridgehead atoms. The molecule has 0 aromatic heterocycles. The summed E-state index contributed by atoms with van der Waals surface area (Å²) in [5.74, 6) is 1.09. The summed E-state index contributed by atoms with van der Waals surface area (Å²) in [4.78, 5) is 0. The van der Waals surface area contributed by atoms with Gasteiger partial charge in [-0.25, -0.2) is 0 Å². The predicted octanol–water partition coefficient (Wildman–Crippen LogP) is 2.13. The Kier molecular flexibility index (Phi) is 2.37. The minimum atomic E-state index is 0.364. The molecule has 2 nitrogen and oxygen atoms in total. The molecule has 2 aliphatic rings. The zero-order valence-corrected chi connectivity index (χ0v) is 8.91. The van der Waals surface area contributed by atoms with Crippen LogP contribution in [0.3, 0.4) is 0 Å². The number of ether oxygens (including phenoxy) is 1. The Hall–Kier alpha value is -1.02.